The molecule has 1 unspecified atom stereocenters. The summed E-state index contributed by atoms with van der Waals surface area (Å²) in [5.74, 6) is -1.80. The zero-order valence-corrected chi connectivity index (χ0v) is 10.5. The fourth-order valence-electron chi connectivity index (χ4n) is 2.41. The van der Waals surface area contributed by atoms with Crippen LogP contribution in [0, 0.1) is 5.92 Å². The van der Waals surface area contributed by atoms with Gasteiger partial charge in [0.15, 0.2) is 0 Å². The standard InChI is InChI=1S/C14H17NO4/c16-9-12(6-10-4-2-1-3-5-10)15-8-11(14(18)19)7-13(15)17/h1-5,11-12,16H,6-9H2,(H,18,19)/t11?,12-/m0/s1. The van der Waals surface area contributed by atoms with Gasteiger partial charge in [-0.05, 0) is 12.0 Å². The number of aliphatic carboxylic acids is 1. The third-order valence-electron chi connectivity index (χ3n) is 3.47. The number of likely N-dealkylation sites (tertiary alicyclic amines) is 1. The summed E-state index contributed by atoms with van der Waals surface area (Å²) in [6, 6.07) is 9.21. The molecule has 1 fully saturated rings. The highest BCUT2D eigenvalue weighted by Gasteiger charge is 2.37. The Morgan fingerprint density at radius 2 is 2.05 bits per heavy atom. The molecule has 0 radical (unpaired) electrons. The van der Waals surface area contributed by atoms with E-state index in [9.17, 15) is 14.7 Å². The van der Waals surface area contributed by atoms with E-state index in [1.807, 2.05) is 30.3 Å². The summed E-state index contributed by atoms with van der Waals surface area (Å²) in [6.45, 7) is 0.0270. The number of hydrogen-bond donors (Lipinski definition) is 2. The maximum atomic E-state index is 11.8. The molecule has 102 valence electrons. The molecule has 0 saturated carbocycles. The quantitative estimate of drug-likeness (QED) is 0.812. The van der Waals surface area contributed by atoms with Gasteiger partial charge in [-0.1, -0.05) is 30.3 Å². The van der Waals surface area contributed by atoms with Gasteiger partial charge in [-0.15, -0.1) is 0 Å². The van der Waals surface area contributed by atoms with Crippen molar-refractivity contribution in [2.45, 2.75) is 18.9 Å². The van der Waals surface area contributed by atoms with Crippen molar-refractivity contribution >= 4 is 11.9 Å². The Labute approximate surface area is 111 Å². The van der Waals surface area contributed by atoms with Crippen LogP contribution in [0.25, 0.3) is 0 Å². The van der Waals surface area contributed by atoms with E-state index in [0.29, 0.717) is 6.42 Å². The fraction of sp³-hybridized carbons (Fsp3) is 0.429. The van der Waals surface area contributed by atoms with E-state index < -0.39 is 11.9 Å². The molecule has 1 aromatic carbocycles. The van der Waals surface area contributed by atoms with Crippen LogP contribution in [-0.2, 0) is 16.0 Å². The van der Waals surface area contributed by atoms with Gasteiger partial charge in [-0.2, -0.15) is 0 Å². The second kappa shape index (κ2) is 5.84. The molecule has 1 heterocycles. The van der Waals surface area contributed by atoms with Gasteiger partial charge < -0.3 is 15.1 Å². The van der Waals surface area contributed by atoms with Crippen LogP contribution >= 0.6 is 0 Å². The molecule has 2 rings (SSSR count). The Bertz CT molecular complexity index is 460. The maximum Gasteiger partial charge on any atom is 0.308 e. The first kappa shape index (κ1) is 13.5. The Kier molecular flexibility index (Phi) is 4.16. The number of rotatable bonds is 5. The van der Waals surface area contributed by atoms with Crippen molar-refractivity contribution < 1.29 is 19.8 Å². The number of carboxylic acid groups (broad SMARTS) is 1. The number of benzene rings is 1. The number of carboxylic acids is 1. The minimum Gasteiger partial charge on any atom is -0.481 e. The molecule has 0 aromatic heterocycles. The monoisotopic (exact) mass is 263 g/mol. The molecule has 5 heteroatoms. The molecule has 19 heavy (non-hydrogen) atoms. The van der Waals surface area contributed by atoms with Gasteiger partial charge in [-0.25, -0.2) is 0 Å². The smallest absolute Gasteiger partial charge is 0.308 e. The summed E-state index contributed by atoms with van der Waals surface area (Å²) in [4.78, 5) is 24.2. The summed E-state index contributed by atoms with van der Waals surface area (Å²) in [5.41, 5.74) is 1.02. The molecular weight excluding hydrogens is 246 g/mol. The van der Waals surface area contributed by atoms with E-state index in [1.54, 1.807) is 0 Å². The van der Waals surface area contributed by atoms with E-state index in [-0.39, 0.29) is 31.5 Å². The first-order chi connectivity index (χ1) is 9.11. The molecule has 2 atom stereocenters. The normalized spacial score (nSPS) is 20.6. The average molecular weight is 263 g/mol. The zero-order chi connectivity index (χ0) is 13.8. The van der Waals surface area contributed by atoms with Crippen LogP contribution in [0.15, 0.2) is 30.3 Å². The van der Waals surface area contributed by atoms with Gasteiger partial charge >= 0.3 is 5.97 Å². The number of aliphatic hydroxyl groups is 1. The van der Waals surface area contributed by atoms with Crippen LogP contribution in [0.1, 0.15) is 12.0 Å². The molecule has 1 saturated heterocycles. The van der Waals surface area contributed by atoms with Crippen LogP contribution in [0.4, 0.5) is 0 Å². The lowest BCUT2D eigenvalue weighted by atomic mass is 10.1. The first-order valence-corrected chi connectivity index (χ1v) is 6.29. The van der Waals surface area contributed by atoms with Gasteiger partial charge in [-0.3, -0.25) is 9.59 Å². The van der Waals surface area contributed by atoms with Crippen molar-refractivity contribution in [1.82, 2.24) is 4.90 Å². The van der Waals surface area contributed by atoms with E-state index in [0.717, 1.165) is 5.56 Å². The van der Waals surface area contributed by atoms with Gasteiger partial charge in [0.25, 0.3) is 0 Å². The molecule has 5 nitrogen and oxygen atoms in total. The second-order valence-corrected chi connectivity index (χ2v) is 4.81. The molecule has 1 aromatic rings. The number of amides is 1. The van der Waals surface area contributed by atoms with Crippen LogP contribution < -0.4 is 0 Å². The average Bonchev–Trinajstić information content (AvgIpc) is 2.79. The minimum absolute atomic E-state index is 0.0284. The van der Waals surface area contributed by atoms with Gasteiger partial charge in [0.05, 0.1) is 18.6 Å². The summed E-state index contributed by atoms with van der Waals surface area (Å²) in [7, 11) is 0. The van der Waals surface area contributed by atoms with Crippen LogP contribution in [0.5, 0.6) is 0 Å². The third kappa shape index (κ3) is 3.12. The number of nitrogens with zero attached hydrogens (tertiary/aromatic N) is 1. The molecule has 1 aliphatic heterocycles. The maximum absolute atomic E-state index is 11.8. The van der Waals surface area contributed by atoms with Crippen molar-refractivity contribution in [3.05, 3.63) is 35.9 Å². The zero-order valence-electron chi connectivity index (χ0n) is 10.5. The van der Waals surface area contributed by atoms with Gasteiger partial charge in [0.1, 0.15) is 0 Å². The lowest BCUT2D eigenvalue weighted by molar-refractivity contribution is -0.141. The van der Waals surface area contributed by atoms with Crippen molar-refractivity contribution in [1.29, 1.82) is 0 Å². The molecule has 1 amide bonds. The summed E-state index contributed by atoms with van der Waals surface area (Å²) in [5, 5.41) is 18.4. The highest BCUT2D eigenvalue weighted by atomic mass is 16.4. The topological polar surface area (TPSA) is 77.8 Å². The number of carbonyl (C=O) groups excluding carboxylic acids is 1. The van der Waals surface area contributed by atoms with Crippen molar-refractivity contribution in [3.8, 4) is 0 Å². The third-order valence-corrected chi connectivity index (χ3v) is 3.47. The van der Waals surface area contributed by atoms with E-state index in [2.05, 4.69) is 0 Å². The van der Waals surface area contributed by atoms with E-state index in [4.69, 9.17) is 5.11 Å². The lowest BCUT2D eigenvalue weighted by Gasteiger charge is -2.26. The molecule has 0 aliphatic carbocycles. The highest BCUT2D eigenvalue weighted by Crippen LogP contribution is 2.22. The minimum atomic E-state index is -0.952. The Balaban J connectivity index is 2.06. The second-order valence-electron chi connectivity index (χ2n) is 4.81. The highest BCUT2D eigenvalue weighted by molar-refractivity contribution is 5.86. The molecular formula is C14H17NO4. The summed E-state index contributed by atoms with van der Waals surface area (Å²) >= 11 is 0. The predicted molar refractivity (Wildman–Crippen MR) is 68.5 cm³/mol. The van der Waals surface area contributed by atoms with Gasteiger partial charge in [0, 0.05) is 13.0 Å². The van der Waals surface area contributed by atoms with Crippen LogP contribution in [-0.4, -0.2) is 46.2 Å². The van der Waals surface area contributed by atoms with Crippen LogP contribution in [0.3, 0.4) is 0 Å². The van der Waals surface area contributed by atoms with Gasteiger partial charge in [0.2, 0.25) is 5.91 Å². The summed E-state index contributed by atoms with van der Waals surface area (Å²) < 4.78 is 0. The molecule has 0 bridgehead atoms. The largest absolute Gasteiger partial charge is 0.481 e. The Morgan fingerprint density at radius 3 is 2.58 bits per heavy atom. The van der Waals surface area contributed by atoms with Crippen LogP contribution in [0.2, 0.25) is 0 Å². The van der Waals surface area contributed by atoms with E-state index in [1.165, 1.54) is 4.90 Å². The number of aliphatic hydroxyl groups excluding tert-OH is 1. The lowest BCUT2D eigenvalue weighted by Crippen LogP contribution is -2.41. The Morgan fingerprint density at radius 1 is 1.37 bits per heavy atom. The van der Waals surface area contributed by atoms with Crippen molar-refractivity contribution in [3.63, 3.8) is 0 Å². The molecule has 2 N–H and O–H groups in total. The number of hydrogen-bond acceptors (Lipinski definition) is 3. The van der Waals surface area contributed by atoms with E-state index >= 15 is 0 Å². The SMILES string of the molecule is O=C(O)C1CC(=O)N([C@H](CO)Cc2ccccc2)C1. The predicted octanol–water partition coefficient (Wildman–Crippen LogP) is 0.523. The van der Waals surface area contributed by atoms with Crippen molar-refractivity contribution in [2.24, 2.45) is 5.92 Å². The molecule has 1 aliphatic rings. The summed E-state index contributed by atoms with van der Waals surface area (Å²) in [6.07, 6.45) is 0.566. The first-order valence-electron chi connectivity index (χ1n) is 6.29. The number of carbonyl (C=O) groups is 2. The van der Waals surface area contributed by atoms with Crippen molar-refractivity contribution in [2.75, 3.05) is 13.2 Å². The molecule has 0 spiro atoms. The Hall–Kier alpha value is -1.88. The fourth-order valence-corrected chi connectivity index (χ4v) is 2.41.